The Morgan fingerprint density at radius 3 is 1.51 bits per heavy atom. The Morgan fingerprint density at radius 1 is 0.571 bits per heavy atom. The molecule has 0 aliphatic carbocycles. The maximum absolute atomic E-state index is 6.06. The van der Waals surface area contributed by atoms with Gasteiger partial charge in [-0.15, -0.1) is 0 Å². The van der Waals surface area contributed by atoms with E-state index in [1.165, 1.54) is 90.6 Å². The molecule has 2 aromatic heterocycles. The number of hydrogen-bond acceptors (Lipinski definition) is 16. The van der Waals surface area contributed by atoms with Crippen LogP contribution in [0.1, 0.15) is 64.2 Å². The molecule has 0 radical (unpaired) electrons. The summed E-state index contributed by atoms with van der Waals surface area (Å²) in [5, 5.41) is 16.2. The smallest absolute Gasteiger partial charge is 0.231 e. The zero-order chi connectivity index (χ0) is 44.1. The molecular formula is C46H69ClN12O4. The van der Waals surface area contributed by atoms with Crippen LogP contribution < -0.4 is 50.4 Å². The highest BCUT2D eigenvalue weighted by atomic mass is 35.5. The third kappa shape index (κ3) is 15.6. The molecule has 17 heteroatoms. The number of halogens is 1. The minimum Gasteiger partial charge on any atom is -0.493 e. The van der Waals surface area contributed by atoms with Crippen LogP contribution in [-0.2, 0) is 0 Å². The minimum absolute atomic E-state index is 0.365. The molecule has 63 heavy (non-hydrogen) atoms. The lowest BCUT2D eigenvalue weighted by molar-refractivity contribution is 0.254. The van der Waals surface area contributed by atoms with E-state index in [4.69, 9.17) is 35.5 Å². The van der Waals surface area contributed by atoms with Gasteiger partial charge in [-0.25, -0.2) is 4.98 Å². The van der Waals surface area contributed by atoms with Crippen LogP contribution in [0.25, 0.3) is 0 Å². The molecule has 0 saturated carbocycles. The Morgan fingerprint density at radius 2 is 1.05 bits per heavy atom. The summed E-state index contributed by atoms with van der Waals surface area (Å²) >= 11 is 6.03. The Hall–Kier alpha value is -5.03. The number of aromatic nitrogens is 4. The first-order valence-electron chi connectivity index (χ1n) is 22.8. The first kappa shape index (κ1) is 47.4. The molecule has 0 atom stereocenters. The first-order valence-corrected chi connectivity index (χ1v) is 23.2. The van der Waals surface area contributed by atoms with E-state index in [0.29, 0.717) is 47.6 Å². The van der Waals surface area contributed by atoms with Crippen LogP contribution in [0.4, 0.5) is 40.7 Å². The van der Waals surface area contributed by atoms with Gasteiger partial charge < -0.3 is 60.2 Å². The number of ether oxygens (including phenoxy) is 4. The standard InChI is InChI=1S/C23H34N6O2.C19H26ClN5O2.C4H9N/c1-24-21-17-22(29-13-5-6-14-29)27-23(26-21)25-18-8-9-19(30-2)20(16-18)31-15-7-12-28-10-3-4-11-28;1-21-18-13-17(20)23-19(24-18)22-14-6-7-15(26-2)16(12-14)27-11-5-10-25-8-3-4-9-25;1-2-4-5-3-1/h8-9,16-17H,3-7,10-15H2,1-2H3,(H2,24,25,26,27);6-7,12-13H,3-5,8-11H2,1-2H3,(H2,21,22,23,24);5H,1-4H2. The van der Waals surface area contributed by atoms with Crippen LogP contribution in [0.15, 0.2) is 48.5 Å². The predicted octanol–water partition coefficient (Wildman–Crippen LogP) is 7.89. The number of methoxy groups -OCH3 is 2. The van der Waals surface area contributed by atoms with E-state index in [1.807, 2.05) is 49.5 Å². The summed E-state index contributed by atoms with van der Waals surface area (Å²) in [6, 6.07) is 15.1. The topological polar surface area (TPSA) is 158 Å². The van der Waals surface area contributed by atoms with E-state index in [0.717, 1.165) is 73.5 Å². The predicted molar refractivity (Wildman–Crippen MR) is 256 cm³/mol. The monoisotopic (exact) mass is 889 g/mol. The molecule has 0 amide bonds. The maximum atomic E-state index is 6.06. The molecule has 4 aromatic rings. The van der Waals surface area contributed by atoms with E-state index >= 15 is 0 Å². The Kier molecular flexibility index (Phi) is 19.5. The highest BCUT2D eigenvalue weighted by molar-refractivity contribution is 6.29. The molecule has 6 heterocycles. The summed E-state index contributed by atoms with van der Waals surface area (Å²) < 4.78 is 22.9. The average Bonchev–Trinajstić information content (AvgIpc) is 4.17. The summed E-state index contributed by atoms with van der Waals surface area (Å²) in [5.74, 6) is 6.23. The third-order valence-corrected chi connectivity index (χ3v) is 11.5. The molecule has 5 N–H and O–H groups in total. The lowest BCUT2D eigenvalue weighted by Gasteiger charge is -2.19. The largest absolute Gasteiger partial charge is 0.493 e. The van der Waals surface area contributed by atoms with Crippen LogP contribution in [-0.4, -0.2) is 137 Å². The van der Waals surface area contributed by atoms with Crippen molar-refractivity contribution < 1.29 is 18.9 Å². The summed E-state index contributed by atoms with van der Waals surface area (Å²) in [4.78, 5) is 25.1. The van der Waals surface area contributed by atoms with E-state index in [-0.39, 0.29) is 0 Å². The van der Waals surface area contributed by atoms with Gasteiger partial charge in [-0.3, -0.25) is 0 Å². The SMILES string of the molecule is C1CCNC1.CNc1cc(Cl)nc(Nc2ccc(OC)c(OCCCN3CCCC3)c2)n1.CNc1cc(N2CCCC2)nc(Nc2ccc(OC)c(OCCCN3CCCC3)c2)n1. The number of nitrogens with one attached hydrogen (secondary N) is 5. The van der Waals surface area contributed by atoms with Gasteiger partial charge in [-0.05, 0) is 128 Å². The molecule has 0 bridgehead atoms. The molecule has 4 fully saturated rings. The normalized spacial score (nSPS) is 16.1. The van der Waals surface area contributed by atoms with Crippen LogP contribution in [0.5, 0.6) is 23.0 Å². The lowest BCUT2D eigenvalue weighted by Crippen LogP contribution is -2.21. The highest BCUT2D eigenvalue weighted by Gasteiger charge is 2.17. The van der Waals surface area contributed by atoms with Gasteiger partial charge in [-0.2, -0.15) is 15.0 Å². The fourth-order valence-corrected chi connectivity index (χ4v) is 8.08. The number of hydrogen-bond donors (Lipinski definition) is 5. The number of anilines is 7. The summed E-state index contributed by atoms with van der Waals surface area (Å²) in [6.07, 6.45) is 12.4. The van der Waals surface area contributed by atoms with Gasteiger partial charge >= 0.3 is 0 Å². The fourth-order valence-electron chi connectivity index (χ4n) is 7.90. The van der Waals surface area contributed by atoms with Gasteiger partial charge in [0.15, 0.2) is 23.0 Å². The molecule has 16 nitrogen and oxygen atoms in total. The zero-order valence-electron chi connectivity index (χ0n) is 37.8. The quantitative estimate of drug-likeness (QED) is 0.0457. The molecule has 0 unspecified atom stereocenters. The van der Waals surface area contributed by atoms with Crippen molar-refractivity contribution in [3.05, 3.63) is 53.7 Å². The molecule has 2 aromatic carbocycles. The van der Waals surface area contributed by atoms with Crippen molar-refractivity contribution >= 4 is 52.3 Å². The van der Waals surface area contributed by atoms with Crippen molar-refractivity contribution in [2.24, 2.45) is 0 Å². The minimum atomic E-state index is 0.365. The van der Waals surface area contributed by atoms with E-state index < -0.39 is 0 Å². The molecule has 4 aliphatic heterocycles. The second-order valence-electron chi connectivity index (χ2n) is 16.0. The number of nitrogens with zero attached hydrogens (tertiary/aromatic N) is 7. The average molecular weight is 890 g/mol. The second-order valence-corrected chi connectivity index (χ2v) is 16.4. The van der Waals surface area contributed by atoms with Gasteiger partial charge in [0.25, 0.3) is 0 Å². The molecule has 4 aliphatic rings. The van der Waals surface area contributed by atoms with Crippen molar-refractivity contribution in [1.82, 2.24) is 35.1 Å². The van der Waals surface area contributed by atoms with Crippen molar-refractivity contribution in [3.63, 3.8) is 0 Å². The van der Waals surface area contributed by atoms with Gasteiger partial charge in [0.2, 0.25) is 11.9 Å². The van der Waals surface area contributed by atoms with E-state index in [2.05, 4.69) is 56.2 Å². The van der Waals surface area contributed by atoms with Crippen LogP contribution >= 0.6 is 11.6 Å². The molecule has 0 spiro atoms. The number of likely N-dealkylation sites (tertiary alicyclic amines) is 2. The first-order chi connectivity index (χ1) is 30.9. The van der Waals surface area contributed by atoms with Crippen molar-refractivity contribution in [3.8, 4) is 23.0 Å². The Labute approximate surface area is 379 Å². The molecule has 344 valence electrons. The van der Waals surface area contributed by atoms with Crippen LogP contribution in [0.2, 0.25) is 5.15 Å². The number of rotatable bonds is 19. The lowest BCUT2D eigenvalue weighted by atomic mass is 10.2. The Bertz CT molecular complexity index is 1950. The Balaban J connectivity index is 0.000000190. The summed E-state index contributed by atoms with van der Waals surface area (Å²) in [7, 11) is 6.96. The van der Waals surface area contributed by atoms with E-state index in [9.17, 15) is 0 Å². The zero-order valence-corrected chi connectivity index (χ0v) is 38.6. The van der Waals surface area contributed by atoms with Crippen molar-refractivity contribution in [1.29, 1.82) is 0 Å². The molecular weight excluding hydrogens is 820 g/mol. The molecule has 8 rings (SSSR count). The summed E-state index contributed by atoms with van der Waals surface area (Å²) in [6.45, 7) is 12.9. The number of benzene rings is 2. The fraction of sp³-hybridized carbons (Fsp3) is 0.565. The highest BCUT2D eigenvalue weighted by Crippen LogP contribution is 2.33. The van der Waals surface area contributed by atoms with Crippen LogP contribution in [0.3, 0.4) is 0 Å². The van der Waals surface area contributed by atoms with Gasteiger partial charge in [-0.1, -0.05) is 11.6 Å². The molecule has 4 saturated heterocycles. The van der Waals surface area contributed by atoms with Crippen molar-refractivity contribution in [2.45, 2.75) is 64.2 Å². The van der Waals surface area contributed by atoms with Crippen LogP contribution in [0, 0.1) is 0 Å². The van der Waals surface area contributed by atoms with Gasteiger partial charge in [0.1, 0.15) is 22.6 Å². The van der Waals surface area contributed by atoms with Gasteiger partial charge in [0, 0.05) is 75.9 Å². The van der Waals surface area contributed by atoms with Crippen molar-refractivity contribution in [2.75, 3.05) is 133 Å². The van der Waals surface area contributed by atoms with Gasteiger partial charge in [0.05, 0.1) is 27.4 Å². The third-order valence-electron chi connectivity index (χ3n) is 11.3. The second kappa shape index (κ2) is 25.9. The maximum Gasteiger partial charge on any atom is 0.231 e. The van der Waals surface area contributed by atoms with E-state index in [1.54, 1.807) is 27.3 Å². The summed E-state index contributed by atoms with van der Waals surface area (Å²) in [5.41, 5.74) is 1.67.